The molecular formula is C11H20N4S. The molecule has 1 atom stereocenters. The first-order chi connectivity index (χ1) is 7.59. The number of rotatable bonds is 2. The molecule has 0 amide bonds. The molecule has 1 aliphatic rings. The standard InChI is InChI=1S/C11H20N4S/c1-8(2)10-12-13-11(16)15(10)9-5-4-6-14(3)7-9/h8-9H,4-7H2,1-3H3,(H,13,16). The lowest BCUT2D eigenvalue weighted by atomic mass is 10.1. The van der Waals surface area contributed by atoms with Crippen LogP contribution in [0.25, 0.3) is 0 Å². The fraction of sp³-hybridized carbons (Fsp3) is 0.818. The fourth-order valence-electron chi connectivity index (χ4n) is 2.43. The summed E-state index contributed by atoms with van der Waals surface area (Å²) in [5.41, 5.74) is 0. The highest BCUT2D eigenvalue weighted by atomic mass is 32.1. The number of piperidine rings is 1. The second-order valence-electron chi connectivity index (χ2n) is 4.97. The Bertz CT molecular complexity index is 406. The zero-order chi connectivity index (χ0) is 11.7. The van der Waals surface area contributed by atoms with Crippen LogP contribution in [0.1, 0.15) is 44.5 Å². The van der Waals surface area contributed by atoms with E-state index in [0.29, 0.717) is 12.0 Å². The Morgan fingerprint density at radius 2 is 2.25 bits per heavy atom. The van der Waals surface area contributed by atoms with E-state index in [1.807, 2.05) is 0 Å². The van der Waals surface area contributed by atoms with Crippen molar-refractivity contribution >= 4 is 12.2 Å². The molecule has 2 heterocycles. The molecule has 0 bridgehead atoms. The number of nitrogens with zero attached hydrogens (tertiary/aromatic N) is 3. The molecule has 4 nitrogen and oxygen atoms in total. The normalized spacial score (nSPS) is 22.9. The van der Waals surface area contributed by atoms with Gasteiger partial charge in [0, 0.05) is 12.5 Å². The van der Waals surface area contributed by atoms with Crippen LogP contribution in [0.5, 0.6) is 0 Å². The Kier molecular flexibility index (Phi) is 3.44. The number of hydrogen-bond acceptors (Lipinski definition) is 3. The highest BCUT2D eigenvalue weighted by Crippen LogP contribution is 2.24. The van der Waals surface area contributed by atoms with Crippen LogP contribution < -0.4 is 0 Å². The van der Waals surface area contributed by atoms with Crippen molar-refractivity contribution in [2.24, 2.45) is 0 Å². The Labute approximate surface area is 102 Å². The van der Waals surface area contributed by atoms with Crippen molar-refractivity contribution < 1.29 is 0 Å². The van der Waals surface area contributed by atoms with Gasteiger partial charge in [0.1, 0.15) is 5.82 Å². The maximum Gasteiger partial charge on any atom is 0.195 e. The van der Waals surface area contributed by atoms with Gasteiger partial charge in [0.15, 0.2) is 4.77 Å². The number of aromatic amines is 1. The van der Waals surface area contributed by atoms with Crippen molar-refractivity contribution in [2.75, 3.05) is 20.1 Å². The summed E-state index contributed by atoms with van der Waals surface area (Å²) in [6.45, 7) is 6.59. The molecule has 0 aliphatic carbocycles. The smallest absolute Gasteiger partial charge is 0.195 e. The van der Waals surface area contributed by atoms with E-state index in [1.54, 1.807) is 0 Å². The Morgan fingerprint density at radius 3 is 2.88 bits per heavy atom. The van der Waals surface area contributed by atoms with E-state index in [4.69, 9.17) is 12.2 Å². The maximum absolute atomic E-state index is 5.34. The summed E-state index contributed by atoms with van der Waals surface area (Å²) >= 11 is 5.34. The lowest BCUT2D eigenvalue weighted by molar-refractivity contribution is 0.207. The van der Waals surface area contributed by atoms with E-state index in [0.717, 1.165) is 17.1 Å². The third kappa shape index (κ3) is 2.20. The van der Waals surface area contributed by atoms with E-state index >= 15 is 0 Å². The van der Waals surface area contributed by atoms with Gasteiger partial charge < -0.3 is 4.90 Å². The maximum atomic E-state index is 5.34. The highest BCUT2D eigenvalue weighted by molar-refractivity contribution is 7.71. The molecule has 0 aromatic carbocycles. The average molecular weight is 240 g/mol. The molecule has 1 unspecified atom stereocenters. The molecule has 5 heteroatoms. The van der Waals surface area contributed by atoms with Crippen molar-refractivity contribution in [1.29, 1.82) is 0 Å². The quantitative estimate of drug-likeness (QED) is 0.806. The molecule has 1 N–H and O–H groups in total. The Balaban J connectivity index is 2.31. The number of nitrogens with one attached hydrogen (secondary N) is 1. The second kappa shape index (κ2) is 4.67. The average Bonchev–Trinajstić information content (AvgIpc) is 2.60. The fourth-order valence-corrected chi connectivity index (χ4v) is 2.72. The molecular weight excluding hydrogens is 220 g/mol. The van der Waals surface area contributed by atoms with Crippen LogP contribution in [0, 0.1) is 4.77 Å². The van der Waals surface area contributed by atoms with Crippen molar-refractivity contribution in [3.63, 3.8) is 0 Å². The molecule has 1 aromatic rings. The van der Waals surface area contributed by atoms with Gasteiger partial charge in [-0.3, -0.25) is 9.67 Å². The van der Waals surface area contributed by atoms with Gasteiger partial charge in [-0.2, -0.15) is 5.10 Å². The van der Waals surface area contributed by atoms with Crippen LogP contribution in [0.3, 0.4) is 0 Å². The number of likely N-dealkylation sites (tertiary alicyclic amines) is 1. The predicted octanol–water partition coefficient (Wildman–Crippen LogP) is 2.33. The number of aromatic nitrogens is 3. The molecule has 0 saturated carbocycles. The summed E-state index contributed by atoms with van der Waals surface area (Å²) in [7, 11) is 2.17. The minimum absolute atomic E-state index is 0.417. The highest BCUT2D eigenvalue weighted by Gasteiger charge is 2.23. The molecule has 90 valence electrons. The third-order valence-corrected chi connectivity index (χ3v) is 3.50. The summed E-state index contributed by atoms with van der Waals surface area (Å²) in [5.74, 6) is 1.51. The van der Waals surface area contributed by atoms with Crippen LogP contribution in [0.2, 0.25) is 0 Å². The molecule has 0 spiro atoms. The monoisotopic (exact) mass is 240 g/mol. The van der Waals surface area contributed by atoms with Crippen molar-refractivity contribution in [1.82, 2.24) is 19.7 Å². The van der Waals surface area contributed by atoms with Crippen LogP contribution in [0.4, 0.5) is 0 Å². The van der Waals surface area contributed by atoms with Gasteiger partial charge in [-0.15, -0.1) is 0 Å². The first-order valence-corrected chi connectivity index (χ1v) is 6.35. The molecule has 1 saturated heterocycles. The largest absolute Gasteiger partial charge is 0.304 e. The lowest BCUT2D eigenvalue weighted by Crippen LogP contribution is -2.34. The van der Waals surface area contributed by atoms with Gasteiger partial charge in [-0.1, -0.05) is 13.8 Å². The minimum Gasteiger partial charge on any atom is -0.304 e. The van der Waals surface area contributed by atoms with Gasteiger partial charge in [0.2, 0.25) is 0 Å². The van der Waals surface area contributed by atoms with Gasteiger partial charge in [0.25, 0.3) is 0 Å². The summed E-state index contributed by atoms with van der Waals surface area (Å²) in [4.78, 5) is 2.37. The summed E-state index contributed by atoms with van der Waals surface area (Å²) in [5, 5.41) is 7.27. The third-order valence-electron chi connectivity index (χ3n) is 3.21. The summed E-state index contributed by atoms with van der Waals surface area (Å²) in [6, 6.07) is 0.488. The molecule has 1 aliphatic heterocycles. The van der Waals surface area contributed by atoms with E-state index < -0.39 is 0 Å². The Morgan fingerprint density at radius 1 is 1.50 bits per heavy atom. The van der Waals surface area contributed by atoms with Gasteiger partial charge >= 0.3 is 0 Å². The van der Waals surface area contributed by atoms with Crippen LogP contribution >= 0.6 is 12.2 Å². The zero-order valence-corrected chi connectivity index (χ0v) is 11.0. The van der Waals surface area contributed by atoms with Crippen molar-refractivity contribution in [3.05, 3.63) is 10.6 Å². The van der Waals surface area contributed by atoms with Gasteiger partial charge in [-0.05, 0) is 38.7 Å². The summed E-state index contributed by atoms with van der Waals surface area (Å²) in [6.07, 6.45) is 2.45. The molecule has 2 rings (SSSR count). The SMILES string of the molecule is CC(C)c1n[nH]c(=S)n1C1CCCN(C)C1. The first kappa shape index (κ1) is 11.8. The number of H-pyrrole nitrogens is 1. The van der Waals surface area contributed by atoms with E-state index in [9.17, 15) is 0 Å². The Hall–Kier alpha value is -0.680. The van der Waals surface area contributed by atoms with Crippen molar-refractivity contribution in [2.45, 2.75) is 38.6 Å². The number of hydrogen-bond donors (Lipinski definition) is 1. The number of likely N-dealkylation sites (N-methyl/N-ethyl adjacent to an activating group) is 1. The van der Waals surface area contributed by atoms with Gasteiger partial charge in [0.05, 0.1) is 6.04 Å². The lowest BCUT2D eigenvalue weighted by Gasteiger charge is -2.31. The molecule has 1 aromatic heterocycles. The van der Waals surface area contributed by atoms with E-state index in [1.165, 1.54) is 19.4 Å². The summed E-state index contributed by atoms with van der Waals surface area (Å²) < 4.78 is 2.99. The van der Waals surface area contributed by atoms with E-state index in [2.05, 4.69) is 40.6 Å². The first-order valence-electron chi connectivity index (χ1n) is 5.95. The van der Waals surface area contributed by atoms with Crippen LogP contribution in [-0.2, 0) is 0 Å². The molecule has 1 fully saturated rings. The van der Waals surface area contributed by atoms with Crippen LogP contribution in [-0.4, -0.2) is 39.8 Å². The molecule has 0 radical (unpaired) electrons. The van der Waals surface area contributed by atoms with E-state index in [-0.39, 0.29) is 0 Å². The molecule has 16 heavy (non-hydrogen) atoms. The topological polar surface area (TPSA) is 36.9 Å². The zero-order valence-electron chi connectivity index (χ0n) is 10.2. The second-order valence-corrected chi connectivity index (χ2v) is 5.36. The van der Waals surface area contributed by atoms with Crippen LogP contribution in [0.15, 0.2) is 0 Å². The minimum atomic E-state index is 0.417. The van der Waals surface area contributed by atoms with Gasteiger partial charge in [-0.25, -0.2) is 0 Å². The predicted molar refractivity (Wildman–Crippen MR) is 67.3 cm³/mol. The van der Waals surface area contributed by atoms with Crippen molar-refractivity contribution in [3.8, 4) is 0 Å².